The number of nitrogens with zero attached hydrogens (tertiary/aromatic N) is 2. The maximum absolute atomic E-state index is 10.5. The van der Waals surface area contributed by atoms with Gasteiger partial charge >= 0.3 is 0 Å². The van der Waals surface area contributed by atoms with Crippen molar-refractivity contribution in [2.75, 3.05) is 0 Å². The average molecular weight is 277 g/mol. The molecule has 0 saturated heterocycles. The lowest BCUT2D eigenvalue weighted by molar-refractivity contribution is 0.141. The molecule has 1 aliphatic rings. The van der Waals surface area contributed by atoms with Crippen LogP contribution in [0.1, 0.15) is 36.6 Å². The first-order valence-electron chi connectivity index (χ1n) is 6.66. The second kappa shape index (κ2) is 4.99. The molecule has 100 valence electrons. The third-order valence-corrected chi connectivity index (χ3v) is 4.18. The third-order valence-electron chi connectivity index (χ3n) is 3.89. The average Bonchev–Trinajstić information content (AvgIpc) is 3.16. The van der Waals surface area contributed by atoms with Gasteiger partial charge in [0.15, 0.2) is 0 Å². The second-order valence-corrected chi connectivity index (χ2v) is 5.46. The fraction of sp³-hybridized carbons (Fsp3) is 0.400. The van der Waals surface area contributed by atoms with Gasteiger partial charge in [0.25, 0.3) is 0 Å². The van der Waals surface area contributed by atoms with Gasteiger partial charge in [-0.25, -0.2) is 0 Å². The highest BCUT2D eigenvalue weighted by molar-refractivity contribution is 6.31. The van der Waals surface area contributed by atoms with Gasteiger partial charge in [0.1, 0.15) is 6.10 Å². The second-order valence-electron chi connectivity index (χ2n) is 5.06. The van der Waals surface area contributed by atoms with E-state index in [0.29, 0.717) is 10.9 Å². The van der Waals surface area contributed by atoms with E-state index in [9.17, 15) is 5.11 Å². The summed E-state index contributed by atoms with van der Waals surface area (Å²) in [6.07, 6.45) is 2.10. The molecule has 3 atom stereocenters. The molecule has 1 aromatic heterocycles. The number of aliphatic hydroxyl groups is 1. The summed E-state index contributed by atoms with van der Waals surface area (Å²) < 4.78 is 1.79. The fourth-order valence-electron chi connectivity index (χ4n) is 2.77. The number of rotatable bonds is 4. The number of halogens is 1. The summed E-state index contributed by atoms with van der Waals surface area (Å²) in [4.78, 5) is 0. The lowest BCUT2D eigenvalue weighted by atomic mass is 10.1. The molecule has 19 heavy (non-hydrogen) atoms. The van der Waals surface area contributed by atoms with Crippen molar-refractivity contribution in [3.8, 4) is 0 Å². The highest BCUT2D eigenvalue weighted by Gasteiger charge is 2.45. The Balaban J connectivity index is 1.80. The van der Waals surface area contributed by atoms with Gasteiger partial charge in [0, 0.05) is 6.54 Å². The lowest BCUT2D eigenvalue weighted by Crippen LogP contribution is -2.10. The minimum atomic E-state index is -0.528. The molecule has 1 fully saturated rings. The van der Waals surface area contributed by atoms with Crippen LogP contribution in [0.3, 0.4) is 0 Å². The van der Waals surface area contributed by atoms with Gasteiger partial charge in [-0.2, -0.15) is 5.10 Å². The summed E-state index contributed by atoms with van der Waals surface area (Å²) in [7, 11) is 0. The molecule has 3 unspecified atom stereocenters. The number of aromatic nitrogens is 2. The SMILES string of the molecule is CCn1ncc(Cl)c1C(O)C1CC1c1ccccc1. The van der Waals surface area contributed by atoms with E-state index in [4.69, 9.17) is 11.6 Å². The molecule has 0 spiro atoms. The highest BCUT2D eigenvalue weighted by atomic mass is 35.5. The smallest absolute Gasteiger partial charge is 0.101 e. The Hall–Kier alpha value is -1.32. The molecular weight excluding hydrogens is 260 g/mol. The van der Waals surface area contributed by atoms with Crippen LogP contribution in [0.15, 0.2) is 36.5 Å². The van der Waals surface area contributed by atoms with Crippen molar-refractivity contribution in [3.63, 3.8) is 0 Å². The maximum atomic E-state index is 10.5. The van der Waals surface area contributed by atoms with Crippen LogP contribution in [0.2, 0.25) is 5.02 Å². The van der Waals surface area contributed by atoms with Gasteiger partial charge in [-0.05, 0) is 30.7 Å². The Morgan fingerprint density at radius 2 is 2.16 bits per heavy atom. The molecule has 3 rings (SSSR count). The Kier molecular flexibility index (Phi) is 3.33. The third kappa shape index (κ3) is 2.28. The first kappa shape index (κ1) is 12.7. The van der Waals surface area contributed by atoms with Gasteiger partial charge < -0.3 is 5.11 Å². The van der Waals surface area contributed by atoms with E-state index < -0.39 is 6.10 Å². The van der Waals surface area contributed by atoms with Gasteiger partial charge in [-0.3, -0.25) is 4.68 Å². The number of hydrogen-bond donors (Lipinski definition) is 1. The van der Waals surface area contributed by atoms with E-state index in [-0.39, 0.29) is 5.92 Å². The fourth-order valence-corrected chi connectivity index (χ4v) is 3.02. The van der Waals surface area contributed by atoms with Crippen molar-refractivity contribution in [2.24, 2.45) is 5.92 Å². The minimum Gasteiger partial charge on any atom is -0.386 e. The van der Waals surface area contributed by atoms with Crippen LogP contribution in [-0.2, 0) is 6.54 Å². The predicted octanol–water partition coefficient (Wildman–Crippen LogP) is 3.39. The zero-order valence-corrected chi connectivity index (χ0v) is 11.6. The molecule has 4 heteroatoms. The van der Waals surface area contributed by atoms with Crippen LogP contribution in [-0.4, -0.2) is 14.9 Å². The number of aliphatic hydroxyl groups excluding tert-OH is 1. The zero-order chi connectivity index (χ0) is 13.4. The van der Waals surface area contributed by atoms with Gasteiger partial charge in [0.05, 0.1) is 16.9 Å². The molecule has 1 saturated carbocycles. The zero-order valence-electron chi connectivity index (χ0n) is 10.8. The van der Waals surface area contributed by atoms with Gasteiger partial charge in [-0.1, -0.05) is 41.9 Å². The van der Waals surface area contributed by atoms with E-state index in [1.165, 1.54) is 5.56 Å². The summed E-state index contributed by atoms with van der Waals surface area (Å²) in [6.45, 7) is 2.73. The summed E-state index contributed by atoms with van der Waals surface area (Å²) in [6, 6.07) is 10.3. The van der Waals surface area contributed by atoms with Crippen LogP contribution < -0.4 is 0 Å². The highest BCUT2D eigenvalue weighted by Crippen LogP contribution is 2.54. The Labute approximate surface area is 117 Å². The van der Waals surface area contributed by atoms with Crippen LogP contribution in [0, 0.1) is 5.92 Å². The largest absolute Gasteiger partial charge is 0.386 e. The molecule has 1 N–H and O–H groups in total. The first-order valence-corrected chi connectivity index (χ1v) is 7.04. The predicted molar refractivity (Wildman–Crippen MR) is 75.2 cm³/mol. The lowest BCUT2D eigenvalue weighted by Gasteiger charge is -2.13. The molecule has 1 aliphatic carbocycles. The standard InChI is InChI=1S/C15H17ClN2O/c1-2-18-14(13(16)9-17-18)15(19)12-8-11(12)10-6-4-3-5-7-10/h3-7,9,11-12,15,19H,2,8H2,1H3. The summed E-state index contributed by atoms with van der Waals surface area (Å²) in [5, 5.41) is 15.3. The molecule has 1 aromatic carbocycles. The van der Waals surface area contributed by atoms with Crippen molar-refractivity contribution in [1.82, 2.24) is 9.78 Å². The summed E-state index contributed by atoms with van der Waals surface area (Å²) >= 11 is 6.14. The van der Waals surface area contributed by atoms with Crippen molar-refractivity contribution in [1.29, 1.82) is 0 Å². The topological polar surface area (TPSA) is 38.0 Å². The van der Waals surface area contributed by atoms with Crippen molar-refractivity contribution in [2.45, 2.75) is 31.9 Å². The Morgan fingerprint density at radius 3 is 2.84 bits per heavy atom. The molecule has 3 nitrogen and oxygen atoms in total. The van der Waals surface area contributed by atoms with Crippen LogP contribution in [0.5, 0.6) is 0 Å². The maximum Gasteiger partial charge on any atom is 0.101 e. The Morgan fingerprint density at radius 1 is 1.42 bits per heavy atom. The molecule has 0 amide bonds. The molecule has 1 heterocycles. The Bertz CT molecular complexity index is 567. The quantitative estimate of drug-likeness (QED) is 0.929. The van der Waals surface area contributed by atoms with E-state index in [2.05, 4.69) is 17.2 Å². The van der Waals surface area contributed by atoms with E-state index in [0.717, 1.165) is 18.7 Å². The van der Waals surface area contributed by atoms with Gasteiger partial charge in [-0.15, -0.1) is 0 Å². The molecule has 0 radical (unpaired) electrons. The van der Waals surface area contributed by atoms with Crippen molar-refractivity contribution >= 4 is 11.6 Å². The normalized spacial score (nSPS) is 23.3. The monoisotopic (exact) mass is 276 g/mol. The number of aryl methyl sites for hydroxylation is 1. The summed E-state index contributed by atoms with van der Waals surface area (Å²) in [5.41, 5.74) is 2.05. The van der Waals surface area contributed by atoms with Crippen LogP contribution in [0.4, 0.5) is 0 Å². The minimum absolute atomic E-state index is 0.252. The van der Waals surface area contributed by atoms with E-state index in [1.807, 2.05) is 25.1 Å². The van der Waals surface area contributed by atoms with Crippen LogP contribution in [0.25, 0.3) is 0 Å². The molecule has 0 bridgehead atoms. The van der Waals surface area contributed by atoms with Crippen molar-refractivity contribution in [3.05, 3.63) is 52.8 Å². The first-order chi connectivity index (χ1) is 9.22. The van der Waals surface area contributed by atoms with Crippen LogP contribution >= 0.6 is 11.6 Å². The van der Waals surface area contributed by atoms with E-state index >= 15 is 0 Å². The number of benzene rings is 1. The molecule has 2 aromatic rings. The molecule has 0 aliphatic heterocycles. The number of hydrogen-bond acceptors (Lipinski definition) is 2. The van der Waals surface area contributed by atoms with E-state index in [1.54, 1.807) is 10.9 Å². The van der Waals surface area contributed by atoms with Gasteiger partial charge in [0.2, 0.25) is 0 Å². The van der Waals surface area contributed by atoms with Crippen molar-refractivity contribution < 1.29 is 5.11 Å². The summed E-state index contributed by atoms with van der Waals surface area (Å²) in [5.74, 6) is 0.689. The molecular formula is C15H17ClN2O.